The average molecular weight is 748 g/mol. The number of rotatable bonds is 8. The Morgan fingerprint density at radius 3 is 2.28 bits per heavy atom. The SMILES string of the molecule is COC1CCN(Cc2cnc3c(C(=O)Nc4cnccc4N4C[C@@H](NC(=O)OC(C)(C)C)C[C@@H](C(F)(F)F)C4)c(NC(=O)OC(C)(C)C)oc3c2)CC1. The molecule has 3 amide bonds. The Morgan fingerprint density at radius 2 is 1.64 bits per heavy atom. The van der Waals surface area contributed by atoms with Crippen molar-refractivity contribution in [2.45, 2.75) is 96.9 Å². The van der Waals surface area contributed by atoms with Crippen LogP contribution in [0.2, 0.25) is 0 Å². The second kappa shape index (κ2) is 15.8. The second-order valence-corrected chi connectivity index (χ2v) is 15.4. The van der Waals surface area contributed by atoms with Crippen LogP contribution < -0.4 is 20.9 Å². The Balaban J connectivity index is 1.43. The van der Waals surface area contributed by atoms with Crippen LogP contribution in [-0.2, 0) is 20.8 Å². The highest BCUT2D eigenvalue weighted by Gasteiger charge is 2.45. The van der Waals surface area contributed by atoms with Gasteiger partial charge in [-0.05, 0) is 78.5 Å². The van der Waals surface area contributed by atoms with Gasteiger partial charge >= 0.3 is 18.4 Å². The van der Waals surface area contributed by atoms with E-state index in [-0.39, 0.29) is 53.0 Å². The first-order valence-electron chi connectivity index (χ1n) is 17.5. The zero-order valence-electron chi connectivity index (χ0n) is 31.1. The molecular weight excluding hydrogens is 699 g/mol. The maximum atomic E-state index is 14.2. The van der Waals surface area contributed by atoms with Gasteiger partial charge < -0.3 is 34.2 Å². The van der Waals surface area contributed by atoms with Gasteiger partial charge in [-0.25, -0.2) is 9.59 Å². The third kappa shape index (κ3) is 10.7. The zero-order valence-corrected chi connectivity index (χ0v) is 31.1. The summed E-state index contributed by atoms with van der Waals surface area (Å²) in [5, 5.41) is 7.83. The highest BCUT2D eigenvalue weighted by atomic mass is 19.4. The van der Waals surface area contributed by atoms with Crippen LogP contribution in [0.15, 0.2) is 35.1 Å². The van der Waals surface area contributed by atoms with Crippen molar-refractivity contribution in [1.29, 1.82) is 0 Å². The number of piperidine rings is 2. The number of likely N-dealkylation sites (tertiary alicyclic amines) is 1. The van der Waals surface area contributed by atoms with Gasteiger partial charge in [0.25, 0.3) is 5.91 Å². The molecule has 0 radical (unpaired) electrons. The van der Waals surface area contributed by atoms with Gasteiger partial charge in [0, 0.05) is 52.2 Å². The van der Waals surface area contributed by atoms with Crippen molar-refractivity contribution in [3.8, 4) is 0 Å². The molecule has 2 saturated heterocycles. The molecular formula is C36H48F3N7O7. The second-order valence-electron chi connectivity index (χ2n) is 15.4. The van der Waals surface area contributed by atoms with Crippen LogP contribution in [0.1, 0.15) is 76.7 Å². The minimum Gasteiger partial charge on any atom is -0.444 e. The van der Waals surface area contributed by atoms with Crippen LogP contribution in [0.5, 0.6) is 0 Å². The number of anilines is 3. The molecule has 5 rings (SSSR count). The molecule has 53 heavy (non-hydrogen) atoms. The van der Waals surface area contributed by atoms with E-state index in [0.717, 1.165) is 31.5 Å². The number of furan rings is 1. The molecule has 14 nitrogen and oxygen atoms in total. The minimum atomic E-state index is -4.56. The number of alkyl carbamates (subject to hydrolysis) is 1. The fourth-order valence-corrected chi connectivity index (χ4v) is 6.42. The van der Waals surface area contributed by atoms with Crippen molar-refractivity contribution >= 4 is 46.5 Å². The van der Waals surface area contributed by atoms with Gasteiger partial charge in [-0.1, -0.05) is 0 Å². The monoisotopic (exact) mass is 747 g/mol. The minimum absolute atomic E-state index is 0.00767. The lowest BCUT2D eigenvalue weighted by atomic mass is 9.93. The first-order chi connectivity index (χ1) is 24.8. The van der Waals surface area contributed by atoms with Gasteiger partial charge in [-0.15, -0.1) is 0 Å². The molecule has 3 aromatic rings. The fraction of sp³-hybridized carbons (Fsp3) is 0.583. The van der Waals surface area contributed by atoms with E-state index < -0.39 is 54.0 Å². The predicted molar refractivity (Wildman–Crippen MR) is 191 cm³/mol. The molecule has 3 N–H and O–H groups in total. The van der Waals surface area contributed by atoms with E-state index >= 15 is 0 Å². The first kappa shape index (κ1) is 39.6. The van der Waals surface area contributed by atoms with E-state index in [2.05, 4.69) is 30.8 Å². The average Bonchev–Trinajstić information content (AvgIpc) is 3.39. The van der Waals surface area contributed by atoms with Crippen LogP contribution in [-0.4, -0.2) is 95.8 Å². The Hall–Kier alpha value is -4.64. The van der Waals surface area contributed by atoms with Crippen molar-refractivity contribution in [3.05, 3.63) is 41.9 Å². The molecule has 2 atom stereocenters. The number of carbonyl (C=O) groups is 3. The summed E-state index contributed by atoms with van der Waals surface area (Å²) in [6.07, 6.45) is -0.287. The van der Waals surface area contributed by atoms with Gasteiger partial charge in [-0.2, -0.15) is 13.2 Å². The predicted octanol–water partition coefficient (Wildman–Crippen LogP) is 6.71. The molecule has 2 aliphatic rings. The molecule has 2 fully saturated rings. The van der Waals surface area contributed by atoms with Crippen molar-refractivity contribution in [2.24, 2.45) is 5.92 Å². The smallest absolute Gasteiger partial charge is 0.414 e. The molecule has 5 heterocycles. The van der Waals surface area contributed by atoms with Gasteiger partial charge in [0.1, 0.15) is 22.3 Å². The van der Waals surface area contributed by atoms with Crippen LogP contribution in [0.4, 0.5) is 40.0 Å². The molecule has 0 spiro atoms. The third-order valence-electron chi connectivity index (χ3n) is 8.72. The number of methoxy groups -OCH3 is 1. The number of nitrogens with zero attached hydrogens (tertiary/aromatic N) is 4. The fourth-order valence-electron chi connectivity index (χ4n) is 6.42. The lowest BCUT2D eigenvalue weighted by Gasteiger charge is -2.40. The molecule has 0 aliphatic carbocycles. The number of pyridine rings is 2. The van der Waals surface area contributed by atoms with Crippen LogP contribution in [0.25, 0.3) is 11.1 Å². The summed E-state index contributed by atoms with van der Waals surface area (Å²) in [5.41, 5.74) is -0.295. The maximum absolute atomic E-state index is 14.2. The summed E-state index contributed by atoms with van der Waals surface area (Å²) in [4.78, 5) is 51.9. The Kier molecular flexibility index (Phi) is 11.8. The lowest BCUT2D eigenvalue weighted by molar-refractivity contribution is -0.177. The van der Waals surface area contributed by atoms with Gasteiger partial charge in [-0.3, -0.25) is 25.0 Å². The van der Waals surface area contributed by atoms with E-state index in [1.807, 2.05) is 0 Å². The van der Waals surface area contributed by atoms with E-state index in [0.29, 0.717) is 6.54 Å². The largest absolute Gasteiger partial charge is 0.444 e. The number of amides is 3. The molecule has 3 aromatic heterocycles. The van der Waals surface area contributed by atoms with E-state index in [4.69, 9.17) is 18.6 Å². The topological polar surface area (TPSA) is 160 Å². The van der Waals surface area contributed by atoms with Crippen LogP contribution in [0, 0.1) is 5.92 Å². The molecule has 2 aliphatic heterocycles. The highest BCUT2D eigenvalue weighted by Crippen LogP contribution is 2.38. The Labute approximate surface area is 306 Å². The van der Waals surface area contributed by atoms with Crippen molar-refractivity contribution < 1.29 is 46.2 Å². The number of carbonyl (C=O) groups excluding carboxylic acids is 3. The van der Waals surface area contributed by atoms with Crippen molar-refractivity contribution in [3.63, 3.8) is 0 Å². The standard InChI is InChI=1S/C36H48F3N7O7/c1-34(2,3)52-32(48)42-23-15-22(36(37,38)39)19-46(20-23)26-8-11-40-17-25(26)43-30(47)28-29-27(51-31(28)44-33(49)53-35(4,5)6)14-21(16-41-29)18-45-12-9-24(50-7)10-13-45/h8,11,14,16-17,22-24H,9-10,12-13,15,18-20H2,1-7H3,(H,42,48)(H,43,47)(H,44,49)/t22-,23+/m1/s1. The maximum Gasteiger partial charge on any atom is 0.414 e. The summed E-state index contributed by atoms with van der Waals surface area (Å²) in [6.45, 7) is 11.8. The highest BCUT2D eigenvalue weighted by molar-refractivity contribution is 6.16. The van der Waals surface area contributed by atoms with Crippen LogP contribution in [0.3, 0.4) is 0 Å². The van der Waals surface area contributed by atoms with E-state index in [1.54, 1.807) is 60.9 Å². The first-order valence-corrected chi connectivity index (χ1v) is 17.5. The molecule has 0 bridgehead atoms. The van der Waals surface area contributed by atoms with Crippen LogP contribution >= 0.6 is 0 Å². The number of ether oxygens (including phenoxy) is 3. The molecule has 0 aromatic carbocycles. The van der Waals surface area contributed by atoms with E-state index in [9.17, 15) is 27.6 Å². The summed E-state index contributed by atoms with van der Waals surface area (Å²) in [5.74, 6) is -2.78. The summed E-state index contributed by atoms with van der Waals surface area (Å²) in [6, 6.07) is 2.31. The van der Waals surface area contributed by atoms with Crippen molar-refractivity contribution in [2.75, 3.05) is 48.8 Å². The lowest BCUT2D eigenvalue weighted by Crippen LogP contribution is -2.54. The molecule has 290 valence electrons. The van der Waals surface area contributed by atoms with E-state index in [1.165, 1.54) is 23.4 Å². The number of nitrogens with one attached hydrogen (secondary N) is 3. The number of hydrogen-bond donors (Lipinski definition) is 3. The number of halogens is 3. The number of hydrogen-bond acceptors (Lipinski definition) is 11. The molecule has 0 unspecified atom stereocenters. The normalized spacial score (nSPS) is 19.2. The van der Waals surface area contributed by atoms with Gasteiger partial charge in [0.2, 0.25) is 5.88 Å². The Bertz CT molecular complexity index is 1780. The quantitative estimate of drug-likeness (QED) is 0.225. The summed E-state index contributed by atoms with van der Waals surface area (Å²) >= 11 is 0. The number of alkyl halides is 3. The molecule has 17 heteroatoms. The summed E-state index contributed by atoms with van der Waals surface area (Å²) in [7, 11) is 1.71. The third-order valence-corrected chi connectivity index (χ3v) is 8.72. The van der Waals surface area contributed by atoms with Crippen molar-refractivity contribution in [1.82, 2.24) is 20.2 Å². The molecule has 0 saturated carbocycles. The Morgan fingerprint density at radius 1 is 0.962 bits per heavy atom. The van der Waals surface area contributed by atoms with Gasteiger partial charge in [0.05, 0.1) is 35.6 Å². The number of aromatic nitrogens is 2. The summed E-state index contributed by atoms with van der Waals surface area (Å²) < 4.78 is 64.7. The van der Waals surface area contributed by atoms with Gasteiger partial charge in [0.15, 0.2) is 5.58 Å². The number of fused-ring (bicyclic) bond motifs is 1. The zero-order chi connectivity index (χ0) is 38.7.